The van der Waals surface area contributed by atoms with E-state index in [9.17, 15) is 34.5 Å². The Labute approximate surface area is 339 Å². The highest BCUT2D eigenvalue weighted by Crippen LogP contribution is 2.39. The van der Waals surface area contributed by atoms with E-state index in [2.05, 4.69) is 6.58 Å². The molecule has 1 amide bonds. The second-order valence-corrected chi connectivity index (χ2v) is 17.3. The van der Waals surface area contributed by atoms with Crippen LogP contribution in [0.15, 0.2) is 36.0 Å². The number of piperidine rings is 1. The summed E-state index contributed by atoms with van der Waals surface area (Å²) in [6, 6.07) is -1.14. The third-order valence-electron chi connectivity index (χ3n) is 12.9. The van der Waals surface area contributed by atoms with Crippen molar-refractivity contribution in [2.45, 2.75) is 160 Å². The van der Waals surface area contributed by atoms with Gasteiger partial charge in [-0.05, 0) is 95.5 Å². The zero-order valence-electron chi connectivity index (χ0n) is 35.4. The number of nitrogens with zero attached hydrogens (tertiary/aromatic N) is 1. The Bertz CT molecular complexity index is 1480. The summed E-state index contributed by atoms with van der Waals surface area (Å²) in [7, 11) is 4.61. The second kappa shape index (κ2) is 21.0. The maximum absolute atomic E-state index is 14.3. The number of esters is 1. The van der Waals surface area contributed by atoms with Gasteiger partial charge in [-0.3, -0.25) is 14.4 Å². The van der Waals surface area contributed by atoms with Crippen molar-refractivity contribution in [3.8, 4) is 0 Å². The summed E-state index contributed by atoms with van der Waals surface area (Å²) >= 11 is 0. The van der Waals surface area contributed by atoms with Crippen LogP contribution in [0.25, 0.3) is 0 Å². The van der Waals surface area contributed by atoms with Gasteiger partial charge in [-0.2, -0.15) is 0 Å². The van der Waals surface area contributed by atoms with Crippen molar-refractivity contribution < 1.29 is 58.2 Å². The molecule has 4 aliphatic rings. The van der Waals surface area contributed by atoms with Crippen LogP contribution in [0.4, 0.5) is 0 Å². The first-order valence-electron chi connectivity index (χ1n) is 20.9. The number of fused-ring (bicyclic) bond motifs is 3. The topological polar surface area (TPSA) is 178 Å². The summed E-state index contributed by atoms with van der Waals surface area (Å²) in [6.45, 7) is 13.1. The first kappa shape index (κ1) is 46.9. The van der Waals surface area contributed by atoms with E-state index < -0.39 is 83.9 Å². The highest BCUT2D eigenvalue weighted by atomic mass is 16.7. The molecule has 13 heteroatoms. The standard InChI is InChI=1S/C44H69NO12/c1-10-13-31-19-25(2)18-26(3)20-37(54-8)40-38(55-9)22-28(5)44(52,57-40)41(49)42(50)45-17-12-11-14-32(45)43(51)56-39(29(6)34(47)24-35(31)48)27(4)21-30-15-16-33(46)36(23-30)53-7/h10,19,21,26,28-34,36-40,46-47,52H,1,11-18,20,22-24H2,2-9H3/b25-19+,27-21+/t26-,28+,29+,30-,31+,32-,33?,34-,36?,37-,38-,39+,40+,44+/m0/s1. The third kappa shape index (κ3) is 11.3. The Balaban J connectivity index is 1.78. The highest BCUT2D eigenvalue weighted by Gasteiger charge is 2.56. The van der Waals surface area contributed by atoms with Crippen molar-refractivity contribution in [2.75, 3.05) is 27.9 Å². The van der Waals surface area contributed by atoms with E-state index in [1.807, 2.05) is 32.9 Å². The summed E-state index contributed by atoms with van der Waals surface area (Å²) < 4.78 is 29.7. The van der Waals surface area contributed by atoms with Gasteiger partial charge in [0.05, 0.1) is 30.5 Å². The van der Waals surface area contributed by atoms with E-state index >= 15 is 0 Å². The Kier molecular flexibility index (Phi) is 17.2. The number of hydrogen-bond donors (Lipinski definition) is 3. The number of carbonyl (C=O) groups is 4. The van der Waals surface area contributed by atoms with E-state index in [0.717, 1.165) is 5.57 Å². The van der Waals surface area contributed by atoms with Crippen molar-refractivity contribution >= 4 is 23.4 Å². The van der Waals surface area contributed by atoms with Gasteiger partial charge in [0.15, 0.2) is 0 Å². The number of cyclic esters (lactones) is 1. The normalized spacial score (nSPS) is 41.0. The second-order valence-electron chi connectivity index (χ2n) is 17.3. The van der Waals surface area contributed by atoms with Gasteiger partial charge in [-0.1, -0.05) is 44.6 Å². The van der Waals surface area contributed by atoms with Gasteiger partial charge in [0, 0.05) is 52.0 Å². The molecule has 2 bridgehead atoms. The van der Waals surface area contributed by atoms with E-state index in [1.165, 1.54) is 19.1 Å². The Morgan fingerprint density at radius 3 is 2.25 bits per heavy atom. The molecule has 2 saturated heterocycles. The van der Waals surface area contributed by atoms with E-state index in [4.69, 9.17) is 23.7 Å². The molecule has 3 aliphatic heterocycles. The van der Waals surface area contributed by atoms with Crippen LogP contribution in [-0.2, 0) is 42.9 Å². The number of rotatable bonds is 7. The van der Waals surface area contributed by atoms with Gasteiger partial charge < -0.3 is 43.9 Å². The van der Waals surface area contributed by atoms with E-state index in [1.54, 1.807) is 27.0 Å². The fourth-order valence-corrected chi connectivity index (χ4v) is 9.42. The first-order chi connectivity index (χ1) is 27.0. The molecule has 2 unspecified atom stereocenters. The fraction of sp³-hybridized carbons (Fsp3) is 0.773. The summed E-state index contributed by atoms with van der Waals surface area (Å²) in [4.78, 5) is 57.8. The predicted octanol–water partition coefficient (Wildman–Crippen LogP) is 4.64. The molecular formula is C44H69NO12. The van der Waals surface area contributed by atoms with Crippen molar-refractivity contribution in [1.29, 1.82) is 0 Å². The molecule has 322 valence electrons. The number of ether oxygens (including phenoxy) is 5. The molecular weight excluding hydrogens is 734 g/mol. The maximum atomic E-state index is 14.3. The molecule has 3 N–H and O–H groups in total. The molecule has 57 heavy (non-hydrogen) atoms. The monoisotopic (exact) mass is 803 g/mol. The summed E-state index contributed by atoms with van der Waals surface area (Å²) in [6.07, 6.45) is 4.93. The molecule has 13 nitrogen and oxygen atoms in total. The van der Waals surface area contributed by atoms with Crippen LogP contribution in [0.2, 0.25) is 0 Å². The minimum absolute atomic E-state index is 0.00988. The SMILES string of the molecule is C=CC[C@@H]1/C=C(\C)C[C@H](C)C[C@H](OC)[C@H]2O[C@@](O)(C(=O)C(=O)N3CCCC[C@H]3C(=O)O[C@H](/C(C)=C/[C@@H]3CCC(O)C(OC)C3)[C@H](C)[C@@H](O)CC1=O)[C@H](C)C[C@@H]2OC. The van der Waals surface area contributed by atoms with Gasteiger partial charge >= 0.3 is 5.97 Å². The van der Waals surface area contributed by atoms with Crippen molar-refractivity contribution in [3.05, 3.63) is 36.0 Å². The number of amides is 1. The number of hydrogen-bond acceptors (Lipinski definition) is 12. The lowest BCUT2D eigenvalue weighted by molar-refractivity contribution is -0.302. The summed E-state index contributed by atoms with van der Waals surface area (Å²) in [5.41, 5.74) is 1.61. The Morgan fingerprint density at radius 1 is 0.930 bits per heavy atom. The van der Waals surface area contributed by atoms with Gasteiger partial charge in [0.1, 0.15) is 24.0 Å². The lowest BCUT2D eigenvalue weighted by Crippen LogP contribution is -2.64. The Hall–Kier alpha value is -2.78. The van der Waals surface area contributed by atoms with Gasteiger partial charge in [-0.25, -0.2) is 4.79 Å². The minimum Gasteiger partial charge on any atom is -0.456 e. The van der Waals surface area contributed by atoms with Gasteiger partial charge in [0.25, 0.3) is 11.7 Å². The zero-order valence-corrected chi connectivity index (χ0v) is 35.4. The molecule has 1 aliphatic carbocycles. The summed E-state index contributed by atoms with van der Waals surface area (Å²) in [5, 5.41) is 34.1. The van der Waals surface area contributed by atoms with Crippen LogP contribution in [0.1, 0.15) is 105 Å². The van der Waals surface area contributed by atoms with E-state index in [0.29, 0.717) is 56.9 Å². The molecule has 3 fully saturated rings. The van der Waals surface area contributed by atoms with Crippen LogP contribution >= 0.6 is 0 Å². The van der Waals surface area contributed by atoms with Crippen molar-refractivity contribution in [3.63, 3.8) is 0 Å². The average Bonchev–Trinajstić information content (AvgIpc) is 3.18. The van der Waals surface area contributed by atoms with Crippen LogP contribution in [0.5, 0.6) is 0 Å². The zero-order chi connectivity index (χ0) is 42.2. The van der Waals surface area contributed by atoms with Gasteiger partial charge in [0.2, 0.25) is 5.79 Å². The lowest BCUT2D eigenvalue weighted by Gasteiger charge is -2.47. The van der Waals surface area contributed by atoms with E-state index in [-0.39, 0.29) is 49.5 Å². The van der Waals surface area contributed by atoms with Gasteiger partial charge in [-0.15, -0.1) is 6.58 Å². The average molecular weight is 804 g/mol. The van der Waals surface area contributed by atoms with Crippen molar-refractivity contribution in [2.24, 2.45) is 29.6 Å². The maximum Gasteiger partial charge on any atom is 0.329 e. The van der Waals surface area contributed by atoms with Crippen LogP contribution < -0.4 is 0 Å². The molecule has 0 radical (unpaired) electrons. The predicted molar refractivity (Wildman–Crippen MR) is 213 cm³/mol. The molecule has 3 heterocycles. The van der Waals surface area contributed by atoms with Crippen molar-refractivity contribution in [1.82, 2.24) is 4.90 Å². The quantitative estimate of drug-likeness (QED) is 0.185. The lowest BCUT2D eigenvalue weighted by atomic mass is 9.81. The largest absolute Gasteiger partial charge is 0.456 e. The number of methoxy groups -OCH3 is 3. The Morgan fingerprint density at radius 2 is 1.60 bits per heavy atom. The molecule has 14 atom stereocenters. The smallest absolute Gasteiger partial charge is 0.329 e. The first-order valence-corrected chi connectivity index (χ1v) is 20.9. The fourth-order valence-electron chi connectivity index (χ4n) is 9.42. The third-order valence-corrected chi connectivity index (χ3v) is 12.9. The number of Topliss-reactive ketones (excluding diaryl/α,β-unsaturated/α-hetero) is 2. The highest BCUT2D eigenvalue weighted by molar-refractivity contribution is 6.39. The van der Waals surface area contributed by atoms with Crippen LogP contribution in [0.3, 0.4) is 0 Å². The minimum atomic E-state index is -2.51. The number of allylic oxidation sites excluding steroid dienone is 4. The number of ketones is 2. The molecule has 0 aromatic heterocycles. The number of aliphatic hydroxyl groups is 3. The number of aliphatic hydroxyl groups excluding tert-OH is 2. The molecule has 0 spiro atoms. The van der Waals surface area contributed by atoms with Crippen LogP contribution in [-0.4, -0.2) is 126 Å². The summed E-state index contributed by atoms with van der Waals surface area (Å²) in [5.74, 6) is -7.76. The van der Waals surface area contributed by atoms with Crippen LogP contribution in [0, 0.1) is 29.6 Å². The molecule has 1 saturated carbocycles. The molecule has 0 aromatic rings. The number of carbonyl (C=O) groups excluding carboxylic acids is 4. The molecule has 0 aromatic carbocycles. The molecule has 4 rings (SSSR count).